The molecule has 0 aromatic rings. The monoisotopic (exact) mass is 182 g/mol. The summed E-state index contributed by atoms with van der Waals surface area (Å²) in [7, 11) is 0. The largest absolute Gasteiger partial charge is 0.305 e. The van der Waals surface area contributed by atoms with E-state index in [2.05, 4.69) is 10.0 Å². The molecule has 1 amide bonds. The molecular weight excluding hydrogens is 176 g/mol. The zero-order valence-electron chi connectivity index (χ0n) is 6.12. The summed E-state index contributed by atoms with van der Waals surface area (Å²) in [6.45, 7) is 0. The lowest BCUT2D eigenvalue weighted by Crippen LogP contribution is -2.60. The van der Waals surface area contributed by atoms with Gasteiger partial charge < -0.3 is 4.90 Å². The van der Waals surface area contributed by atoms with Gasteiger partial charge in [-0.05, 0) is 5.53 Å². The Kier molecular flexibility index (Phi) is 1.71. The quantitative estimate of drug-likeness (QED) is 0.263. The molecule has 0 saturated carbocycles. The van der Waals surface area contributed by atoms with Gasteiger partial charge in [0.2, 0.25) is 5.91 Å². The van der Waals surface area contributed by atoms with Gasteiger partial charge in [0.25, 0.3) is 0 Å². The molecule has 0 radical (unpaired) electrons. The highest BCUT2D eigenvalue weighted by molar-refractivity contribution is 8.00. The third kappa shape index (κ3) is 0.888. The predicted molar refractivity (Wildman–Crippen MR) is 45.2 cm³/mol. The smallest absolute Gasteiger partial charge is 0.239 e. The van der Waals surface area contributed by atoms with Gasteiger partial charge in [-0.25, -0.2) is 0 Å². The topological polar surface area (TPSA) is 69.1 Å². The van der Waals surface area contributed by atoms with Crippen molar-refractivity contribution in [3.63, 3.8) is 0 Å². The summed E-state index contributed by atoms with van der Waals surface area (Å²) >= 11 is 1.62. The van der Waals surface area contributed by atoms with Crippen molar-refractivity contribution in [3.05, 3.63) is 22.7 Å². The number of azide groups is 1. The van der Waals surface area contributed by atoms with Gasteiger partial charge in [-0.3, -0.25) is 4.79 Å². The number of β-lactam (4-membered cyclic amide) rings is 1. The van der Waals surface area contributed by atoms with Crippen LogP contribution in [-0.2, 0) is 4.79 Å². The number of amides is 1. The average Bonchev–Trinajstić information content (AvgIpc) is 2.13. The highest BCUT2D eigenvalue weighted by atomic mass is 32.2. The Balaban J connectivity index is 2.18. The van der Waals surface area contributed by atoms with Crippen LogP contribution in [0.5, 0.6) is 0 Å². The maximum atomic E-state index is 11.2. The summed E-state index contributed by atoms with van der Waals surface area (Å²) < 4.78 is 0. The molecule has 5 nitrogen and oxygen atoms in total. The third-order valence-electron chi connectivity index (χ3n) is 1.86. The first-order valence-electron chi connectivity index (χ1n) is 3.49. The standard InChI is InChI=1S/C6H6N4OS/c7-9-8-4-5(11)10-2-1-3-12-6(4)10/h1-2,4,6H,3H2/t4?,6-/m0/s1. The highest BCUT2D eigenvalue weighted by Gasteiger charge is 2.46. The molecule has 0 aromatic carbocycles. The van der Waals surface area contributed by atoms with Gasteiger partial charge in [0.05, 0.1) is 5.37 Å². The molecule has 0 aliphatic carbocycles. The van der Waals surface area contributed by atoms with Gasteiger partial charge in [0.1, 0.15) is 6.04 Å². The van der Waals surface area contributed by atoms with Crippen LogP contribution in [0.4, 0.5) is 0 Å². The molecule has 1 saturated heterocycles. The summed E-state index contributed by atoms with van der Waals surface area (Å²) in [6, 6.07) is -0.482. The lowest BCUT2D eigenvalue weighted by Gasteiger charge is -2.44. The van der Waals surface area contributed by atoms with E-state index in [0.717, 1.165) is 5.75 Å². The van der Waals surface area contributed by atoms with E-state index in [0.29, 0.717) is 0 Å². The lowest BCUT2D eigenvalue weighted by molar-refractivity contribution is -0.140. The second-order valence-corrected chi connectivity index (χ2v) is 3.65. The van der Waals surface area contributed by atoms with Crippen molar-refractivity contribution in [2.75, 3.05) is 5.75 Å². The van der Waals surface area contributed by atoms with Gasteiger partial charge in [-0.1, -0.05) is 11.2 Å². The van der Waals surface area contributed by atoms with E-state index < -0.39 is 6.04 Å². The van der Waals surface area contributed by atoms with Gasteiger partial charge in [0.15, 0.2) is 0 Å². The molecule has 12 heavy (non-hydrogen) atoms. The van der Waals surface area contributed by atoms with Crippen LogP contribution in [0.2, 0.25) is 0 Å². The number of carbonyl (C=O) groups excluding carboxylic acids is 1. The van der Waals surface area contributed by atoms with E-state index in [1.54, 1.807) is 22.9 Å². The Morgan fingerprint density at radius 3 is 3.42 bits per heavy atom. The van der Waals surface area contributed by atoms with E-state index >= 15 is 0 Å². The molecular formula is C6H6N4OS. The molecule has 2 aliphatic heterocycles. The van der Waals surface area contributed by atoms with Gasteiger partial charge in [-0.15, -0.1) is 11.8 Å². The number of thioether (sulfide) groups is 1. The Morgan fingerprint density at radius 2 is 2.67 bits per heavy atom. The van der Waals surface area contributed by atoms with Gasteiger partial charge >= 0.3 is 0 Å². The normalized spacial score (nSPS) is 32.0. The molecule has 0 bridgehead atoms. The van der Waals surface area contributed by atoms with Crippen LogP contribution in [-0.4, -0.2) is 28.0 Å². The zero-order valence-corrected chi connectivity index (χ0v) is 6.94. The summed E-state index contributed by atoms with van der Waals surface area (Å²) in [4.78, 5) is 15.4. The second-order valence-electron chi connectivity index (χ2n) is 2.50. The van der Waals surface area contributed by atoms with Crippen molar-refractivity contribution in [1.29, 1.82) is 0 Å². The van der Waals surface area contributed by atoms with Crippen LogP contribution in [0.15, 0.2) is 17.4 Å². The second kappa shape index (κ2) is 2.73. The number of nitrogens with zero attached hydrogens (tertiary/aromatic N) is 4. The Labute approximate surface area is 73.0 Å². The molecule has 2 rings (SSSR count). The minimum atomic E-state index is -0.482. The minimum absolute atomic E-state index is 0.0402. The van der Waals surface area contributed by atoms with Crippen molar-refractivity contribution in [2.45, 2.75) is 11.4 Å². The van der Waals surface area contributed by atoms with Crippen LogP contribution in [0, 0.1) is 0 Å². The first-order valence-corrected chi connectivity index (χ1v) is 4.54. The zero-order chi connectivity index (χ0) is 8.55. The van der Waals surface area contributed by atoms with E-state index in [4.69, 9.17) is 5.53 Å². The number of carbonyl (C=O) groups is 1. The predicted octanol–water partition coefficient (Wildman–Crippen LogP) is 1.09. The SMILES string of the molecule is [N-]=[N+]=NC1C(=O)N2C=CCS[C@@H]12. The van der Waals surface area contributed by atoms with Crippen molar-refractivity contribution in [2.24, 2.45) is 5.11 Å². The molecule has 1 fully saturated rings. The van der Waals surface area contributed by atoms with Crippen molar-refractivity contribution < 1.29 is 4.79 Å². The highest BCUT2D eigenvalue weighted by Crippen LogP contribution is 2.35. The fourth-order valence-corrected chi connectivity index (χ4v) is 2.35. The third-order valence-corrected chi connectivity index (χ3v) is 3.07. The molecule has 0 N–H and O–H groups in total. The molecule has 6 heteroatoms. The van der Waals surface area contributed by atoms with Crippen LogP contribution >= 0.6 is 11.8 Å². The first-order chi connectivity index (χ1) is 5.84. The Hall–Kier alpha value is -1.13. The van der Waals surface area contributed by atoms with Crippen LogP contribution in [0.3, 0.4) is 0 Å². The molecule has 1 unspecified atom stereocenters. The molecule has 62 valence electrons. The van der Waals surface area contributed by atoms with E-state index in [1.165, 1.54) is 0 Å². The molecule has 2 heterocycles. The first kappa shape index (κ1) is 7.52. The molecule has 2 aliphatic rings. The Morgan fingerprint density at radius 1 is 1.83 bits per heavy atom. The van der Waals surface area contributed by atoms with E-state index in [-0.39, 0.29) is 11.3 Å². The maximum Gasteiger partial charge on any atom is 0.239 e. The summed E-state index contributed by atoms with van der Waals surface area (Å²) in [5.41, 5.74) is 8.17. The summed E-state index contributed by atoms with van der Waals surface area (Å²) in [6.07, 6.45) is 3.68. The van der Waals surface area contributed by atoms with Crippen LogP contribution in [0.25, 0.3) is 10.4 Å². The lowest BCUT2D eigenvalue weighted by atomic mass is 10.1. The number of fused-ring (bicyclic) bond motifs is 1. The fourth-order valence-electron chi connectivity index (χ4n) is 1.27. The van der Waals surface area contributed by atoms with E-state index in [9.17, 15) is 4.79 Å². The summed E-state index contributed by atoms with van der Waals surface area (Å²) in [5.74, 6) is 0.785. The van der Waals surface area contributed by atoms with Gasteiger partial charge in [-0.2, -0.15) is 0 Å². The number of rotatable bonds is 1. The van der Waals surface area contributed by atoms with Crippen molar-refractivity contribution >= 4 is 17.7 Å². The molecule has 2 atom stereocenters. The van der Waals surface area contributed by atoms with E-state index in [1.807, 2.05) is 6.08 Å². The maximum absolute atomic E-state index is 11.2. The van der Waals surface area contributed by atoms with Crippen molar-refractivity contribution in [3.8, 4) is 0 Å². The minimum Gasteiger partial charge on any atom is -0.305 e. The summed E-state index contributed by atoms with van der Waals surface area (Å²) in [5, 5.41) is 3.47. The Bertz CT molecular complexity index is 296. The van der Waals surface area contributed by atoms with Crippen LogP contribution < -0.4 is 0 Å². The van der Waals surface area contributed by atoms with Crippen molar-refractivity contribution in [1.82, 2.24) is 4.90 Å². The number of hydrogen-bond donors (Lipinski definition) is 0. The number of hydrogen-bond acceptors (Lipinski definition) is 3. The average molecular weight is 182 g/mol. The molecule has 0 spiro atoms. The molecule has 0 aromatic heterocycles. The van der Waals surface area contributed by atoms with Gasteiger partial charge in [0, 0.05) is 16.9 Å². The van der Waals surface area contributed by atoms with Crippen LogP contribution in [0.1, 0.15) is 0 Å². The fraction of sp³-hybridized carbons (Fsp3) is 0.500.